The second-order valence-electron chi connectivity index (χ2n) is 6.35. The molecule has 0 spiro atoms. The minimum absolute atomic E-state index is 0.0380. The monoisotopic (exact) mass is 337 g/mol. The van der Waals surface area contributed by atoms with Crippen molar-refractivity contribution < 1.29 is 9.59 Å². The van der Waals surface area contributed by atoms with Crippen molar-refractivity contribution in [2.75, 3.05) is 22.1 Å². The van der Waals surface area contributed by atoms with E-state index in [2.05, 4.69) is 27.7 Å². The molecule has 0 bridgehead atoms. The van der Waals surface area contributed by atoms with Crippen LogP contribution in [0.1, 0.15) is 25.8 Å². The van der Waals surface area contributed by atoms with Crippen LogP contribution in [0, 0.1) is 0 Å². The Kier molecular flexibility index (Phi) is 5.03. The van der Waals surface area contributed by atoms with Crippen LogP contribution in [0.5, 0.6) is 0 Å². The molecule has 1 heterocycles. The molecule has 25 heavy (non-hydrogen) atoms. The molecule has 5 heteroatoms. The Morgan fingerprint density at radius 3 is 2.32 bits per heavy atom. The average molecular weight is 337 g/mol. The number of carbonyl (C=O) groups excluding carboxylic acids is 2. The zero-order valence-electron chi connectivity index (χ0n) is 14.6. The maximum atomic E-state index is 12.7. The van der Waals surface area contributed by atoms with Crippen LogP contribution >= 0.6 is 0 Å². The maximum Gasteiger partial charge on any atom is 0.246 e. The minimum atomic E-state index is -0.253. The zero-order chi connectivity index (χ0) is 17.8. The average Bonchev–Trinajstić information content (AvgIpc) is 2.62. The standard InChI is InChI=1S/C20H23N3O2/c1-14(23-13-5-7-16-6-3-4-8-19(16)23)20(25)22-18-11-9-17(10-12-18)21-15(2)24/h3-4,6,8-12,14H,5,7,13H2,1-2H3,(H,21,24)(H,22,25)/t14-/m0/s1. The molecule has 0 aromatic heterocycles. The summed E-state index contributed by atoms with van der Waals surface area (Å²) in [4.78, 5) is 25.9. The predicted octanol–water partition coefficient (Wildman–Crippen LogP) is 3.42. The molecule has 2 aromatic rings. The molecule has 0 saturated heterocycles. The van der Waals surface area contributed by atoms with Gasteiger partial charge in [-0.2, -0.15) is 0 Å². The smallest absolute Gasteiger partial charge is 0.246 e. The van der Waals surface area contributed by atoms with Crippen molar-refractivity contribution in [1.82, 2.24) is 0 Å². The highest BCUT2D eigenvalue weighted by Crippen LogP contribution is 2.28. The number of hydrogen-bond acceptors (Lipinski definition) is 3. The number of para-hydroxylation sites is 1. The first kappa shape index (κ1) is 17.0. The van der Waals surface area contributed by atoms with Gasteiger partial charge < -0.3 is 15.5 Å². The number of anilines is 3. The summed E-state index contributed by atoms with van der Waals surface area (Å²) in [5.41, 5.74) is 3.88. The number of carbonyl (C=O) groups is 2. The molecule has 2 N–H and O–H groups in total. The van der Waals surface area contributed by atoms with Crippen molar-refractivity contribution in [3.05, 3.63) is 54.1 Å². The Morgan fingerprint density at radius 2 is 1.64 bits per heavy atom. The Hall–Kier alpha value is -2.82. The molecule has 130 valence electrons. The topological polar surface area (TPSA) is 61.4 Å². The SMILES string of the molecule is CC(=O)Nc1ccc(NC(=O)[C@H](C)N2CCCc3ccccc32)cc1. The van der Waals surface area contributed by atoms with Gasteiger partial charge >= 0.3 is 0 Å². The number of rotatable bonds is 4. The van der Waals surface area contributed by atoms with E-state index in [0.717, 1.165) is 30.8 Å². The summed E-state index contributed by atoms with van der Waals surface area (Å²) in [6, 6.07) is 15.2. The lowest BCUT2D eigenvalue weighted by Crippen LogP contribution is -2.44. The van der Waals surface area contributed by atoms with E-state index >= 15 is 0 Å². The van der Waals surface area contributed by atoms with Gasteiger partial charge in [0.1, 0.15) is 6.04 Å². The van der Waals surface area contributed by atoms with Gasteiger partial charge in [0.25, 0.3) is 0 Å². The highest BCUT2D eigenvalue weighted by molar-refractivity contribution is 5.97. The van der Waals surface area contributed by atoms with E-state index in [1.807, 2.05) is 19.1 Å². The van der Waals surface area contributed by atoms with Crippen molar-refractivity contribution in [2.45, 2.75) is 32.7 Å². The number of fused-ring (bicyclic) bond motifs is 1. The van der Waals surface area contributed by atoms with Gasteiger partial charge in [0.2, 0.25) is 11.8 Å². The van der Waals surface area contributed by atoms with Crippen molar-refractivity contribution in [2.24, 2.45) is 0 Å². The minimum Gasteiger partial charge on any atom is -0.360 e. The van der Waals surface area contributed by atoms with Gasteiger partial charge in [-0.25, -0.2) is 0 Å². The van der Waals surface area contributed by atoms with E-state index < -0.39 is 0 Å². The Bertz CT molecular complexity index is 771. The molecule has 0 aliphatic carbocycles. The molecular formula is C20H23N3O2. The molecule has 0 saturated carbocycles. The van der Waals surface area contributed by atoms with Crippen LogP contribution in [0.4, 0.5) is 17.1 Å². The van der Waals surface area contributed by atoms with Crippen molar-refractivity contribution in [3.8, 4) is 0 Å². The largest absolute Gasteiger partial charge is 0.360 e. The van der Waals surface area contributed by atoms with Gasteiger partial charge in [-0.3, -0.25) is 9.59 Å². The molecule has 3 rings (SSSR count). The molecule has 5 nitrogen and oxygen atoms in total. The van der Waals surface area contributed by atoms with Gasteiger partial charge in [0.15, 0.2) is 0 Å². The Balaban J connectivity index is 1.68. The Morgan fingerprint density at radius 1 is 1.00 bits per heavy atom. The van der Waals surface area contributed by atoms with Gasteiger partial charge in [0.05, 0.1) is 0 Å². The molecule has 2 amide bonds. The molecule has 1 aliphatic rings. The fourth-order valence-corrected chi connectivity index (χ4v) is 3.19. The predicted molar refractivity (Wildman–Crippen MR) is 101 cm³/mol. The zero-order valence-corrected chi connectivity index (χ0v) is 14.6. The quantitative estimate of drug-likeness (QED) is 0.898. The summed E-state index contributed by atoms with van der Waals surface area (Å²) in [5.74, 6) is -0.154. The summed E-state index contributed by atoms with van der Waals surface area (Å²) in [6.07, 6.45) is 2.12. The summed E-state index contributed by atoms with van der Waals surface area (Å²) in [6.45, 7) is 4.28. The van der Waals surface area contributed by atoms with Crippen molar-refractivity contribution in [3.63, 3.8) is 0 Å². The van der Waals surface area contributed by atoms with Crippen LogP contribution in [0.3, 0.4) is 0 Å². The number of amides is 2. The molecular weight excluding hydrogens is 314 g/mol. The van der Waals surface area contributed by atoms with Crippen molar-refractivity contribution >= 4 is 28.9 Å². The van der Waals surface area contributed by atoms with E-state index in [1.165, 1.54) is 12.5 Å². The molecule has 1 atom stereocenters. The van der Waals surface area contributed by atoms with Crippen LogP contribution in [-0.4, -0.2) is 24.4 Å². The van der Waals surface area contributed by atoms with Gasteiger partial charge in [0, 0.05) is 30.5 Å². The first-order valence-corrected chi connectivity index (χ1v) is 8.57. The van der Waals surface area contributed by atoms with E-state index in [9.17, 15) is 9.59 Å². The lowest BCUT2D eigenvalue weighted by atomic mass is 10.00. The van der Waals surface area contributed by atoms with Crippen LogP contribution in [0.25, 0.3) is 0 Å². The third kappa shape index (κ3) is 3.99. The van der Waals surface area contributed by atoms with Crippen LogP contribution in [0.15, 0.2) is 48.5 Å². The number of nitrogens with one attached hydrogen (secondary N) is 2. The summed E-state index contributed by atoms with van der Waals surface area (Å²) < 4.78 is 0. The third-order valence-corrected chi connectivity index (χ3v) is 4.47. The van der Waals surface area contributed by atoms with E-state index in [-0.39, 0.29) is 17.9 Å². The molecule has 2 aromatic carbocycles. The fourth-order valence-electron chi connectivity index (χ4n) is 3.19. The highest BCUT2D eigenvalue weighted by Gasteiger charge is 2.25. The van der Waals surface area contributed by atoms with E-state index in [1.54, 1.807) is 24.3 Å². The second kappa shape index (κ2) is 7.38. The van der Waals surface area contributed by atoms with Crippen LogP contribution in [-0.2, 0) is 16.0 Å². The first-order chi connectivity index (χ1) is 12.0. The molecule has 0 unspecified atom stereocenters. The van der Waals surface area contributed by atoms with E-state index in [0.29, 0.717) is 5.69 Å². The number of benzene rings is 2. The number of aryl methyl sites for hydroxylation is 1. The third-order valence-electron chi connectivity index (χ3n) is 4.47. The maximum absolute atomic E-state index is 12.7. The normalized spacial score (nSPS) is 14.4. The molecule has 1 aliphatic heterocycles. The molecule has 0 fully saturated rings. The van der Waals surface area contributed by atoms with Gasteiger partial charge in [-0.15, -0.1) is 0 Å². The van der Waals surface area contributed by atoms with E-state index in [4.69, 9.17) is 0 Å². The lowest BCUT2D eigenvalue weighted by molar-refractivity contribution is -0.117. The number of hydrogen-bond donors (Lipinski definition) is 2. The van der Waals surface area contributed by atoms with Crippen LogP contribution in [0.2, 0.25) is 0 Å². The van der Waals surface area contributed by atoms with Gasteiger partial charge in [-0.1, -0.05) is 18.2 Å². The van der Waals surface area contributed by atoms with Crippen LogP contribution < -0.4 is 15.5 Å². The second-order valence-corrected chi connectivity index (χ2v) is 6.35. The summed E-state index contributed by atoms with van der Waals surface area (Å²) in [5, 5.41) is 5.67. The highest BCUT2D eigenvalue weighted by atomic mass is 16.2. The fraction of sp³-hybridized carbons (Fsp3) is 0.300. The van der Waals surface area contributed by atoms with Crippen molar-refractivity contribution in [1.29, 1.82) is 0 Å². The summed E-state index contributed by atoms with van der Waals surface area (Å²) in [7, 11) is 0. The lowest BCUT2D eigenvalue weighted by Gasteiger charge is -2.35. The van der Waals surface area contributed by atoms with Gasteiger partial charge in [-0.05, 0) is 55.7 Å². The first-order valence-electron chi connectivity index (χ1n) is 8.57. The Labute approximate surface area is 148 Å². The summed E-state index contributed by atoms with van der Waals surface area (Å²) >= 11 is 0. The molecule has 0 radical (unpaired) electrons. The number of nitrogens with zero attached hydrogens (tertiary/aromatic N) is 1.